The molecule has 0 aliphatic rings. The van der Waals surface area contributed by atoms with Gasteiger partial charge in [0.2, 0.25) is 5.91 Å². The molecular formula is C16H17N5O4. The molecule has 1 amide bonds. The highest BCUT2D eigenvalue weighted by molar-refractivity contribution is 5.81. The predicted octanol–water partition coefficient (Wildman–Crippen LogP) is 0.277. The summed E-state index contributed by atoms with van der Waals surface area (Å²) in [5.41, 5.74) is 0.484. The number of esters is 1. The minimum absolute atomic E-state index is 0.0266. The van der Waals surface area contributed by atoms with E-state index in [-0.39, 0.29) is 25.6 Å². The summed E-state index contributed by atoms with van der Waals surface area (Å²) < 4.78 is 11.9. The van der Waals surface area contributed by atoms with Crippen LogP contribution in [-0.4, -0.2) is 45.9 Å². The first-order valence-corrected chi connectivity index (χ1v) is 7.48. The van der Waals surface area contributed by atoms with Crippen LogP contribution in [0.15, 0.2) is 36.9 Å². The third-order valence-corrected chi connectivity index (χ3v) is 2.98. The van der Waals surface area contributed by atoms with Gasteiger partial charge in [-0.15, -0.1) is 0 Å². The summed E-state index contributed by atoms with van der Waals surface area (Å²) in [6.07, 6.45) is 2.21. The van der Waals surface area contributed by atoms with Crippen LogP contribution in [-0.2, 0) is 20.9 Å². The van der Waals surface area contributed by atoms with Crippen molar-refractivity contribution in [2.75, 3.05) is 13.2 Å². The van der Waals surface area contributed by atoms with E-state index in [2.05, 4.69) is 15.4 Å². The van der Waals surface area contributed by atoms with E-state index in [0.29, 0.717) is 11.3 Å². The molecule has 0 spiro atoms. The molecule has 2 aromatic rings. The van der Waals surface area contributed by atoms with E-state index in [4.69, 9.17) is 14.7 Å². The highest BCUT2D eigenvalue weighted by atomic mass is 16.6. The second-order valence-corrected chi connectivity index (χ2v) is 5.12. The number of hydrogen-bond acceptors (Lipinski definition) is 7. The molecule has 1 aromatic heterocycles. The van der Waals surface area contributed by atoms with E-state index >= 15 is 0 Å². The van der Waals surface area contributed by atoms with Crippen LogP contribution >= 0.6 is 0 Å². The summed E-state index contributed by atoms with van der Waals surface area (Å²) in [5, 5.41) is 15.0. The average Bonchev–Trinajstić information content (AvgIpc) is 3.11. The molecule has 1 heterocycles. The minimum Gasteiger partial charge on any atom is -0.490 e. The maximum Gasteiger partial charge on any atom is 0.325 e. The molecule has 9 heteroatoms. The Bertz CT molecular complexity index is 754. The molecule has 130 valence electrons. The molecule has 9 nitrogen and oxygen atoms in total. The first-order chi connectivity index (χ1) is 12.1. The Morgan fingerprint density at radius 3 is 3.00 bits per heavy atom. The van der Waals surface area contributed by atoms with E-state index in [1.165, 1.54) is 17.3 Å². The molecule has 0 bridgehead atoms. The van der Waals surface area contributed by atoms with Gasteiger partial charge in [0.05, 0.1) is 11.6 Å². The Morgan fingerprint density at radius 2 is 2.28 bits per heavy atom. The SMILES string of the molecule is CC(COc1cccc(C#N)c1)OC(=O)CNC(=O)Cn1cncn1. The summed E-state index contributed by atoms with van der Waals surface area (Å²) >= 11 is 0. The maximum atomic E-state index is 11.7. The average molecular weight is 343 g/mol. The second-order valence-electron chi connectivity index (χ2n) is 5.12. The fourth-order valence-electron chi connectivity index (χ4n) is 1.86. The molecule has 0 saturated heterocycles. The van der Waals surface area contributed by atoms with Crippen LogP contribution in [0.3, 0.4) is 0 Å². The van der Waals surface area contributed by atoms with Gasteiger partial charge in [-0.1, -0.05) is 6.07 Å². The zero-order valence-corrected chi connectivity index (χ0v) is 13.6. The van der Waals surface area contributed by atoms with E-state index < -0.39 is 12.1 Å². The van der Waals surface area contributed by atoms with Crippen LogP contribution in [0.4, 0.5) is 0 Å². The lowest BCUT2D eigenvalue weighted by Crippen LogP contribution is -2.35. The van der Waals surface area contributed by atoms with Crippen molar-refractivity contribution in [1.29, 1.82) is 5.26 Å². The first kappa shape index (κ1) is 17.9. The molecule has 25 heavy (non-hydrogen) atoms. The van der Waals surface area contributed by atoms with Gasteiger partial charge >= 0.3 is 5.97 Å². The lowest BCUT2D eigenvalue weighted by Gasteiger charge is -2.14. The third-order valence-electron chi connectivity index (χ3n) is 2.98. The Balaban J connectivity index is 1.67. The van der Waals surface area contributed by atoms with Crippen molar-refractivity contribution in [3.8, 4) is 11.8 Å². The minimum atomic E-state index is -0.575. The van der Waals surface area contributed by atoms with Gasteiger partial charge in [-0.2, -0.15) is 10.4 Å². The zero-order chi connectivity index (χ0) is 18.1. The largest absolute Gasteiger partial charge is 0.490 e. The van der Waals surface area contributed by atoms with Gasteiger partial charge in [0.25, 0.3) is 0 Å². The lowest BCUT2D eigenvalue weighted by molar-refractivity contribution is -0.149. The fourth-order valence-corrected chi connectivity index (χ4v) is 1.86. The summed E-state index contributed by atoms with van der Waals surface area (Å²) in [4.78, 5) is 27.0. The standard InChI is InChI=1S/C16H17N5O4/c1-12(9-24-14-4-2-3-13(5-14)6-17)25-16(23)7-19-15(22)8-21-11-18-10-20-21/h2-5,10-12H,7-9H2,1H3,(H,19,22). The summed E-state index contributed by atoms with van der Waals surface area (Å²) in [6, 6.07) is 8.69. The van der Waals surface area contributed by atoms with E-state index in [1.54, 1.807) is 31.2 Å². The van der Waals surface area contributed by atoms with Crippen LogP contribution in [0.1, 0.15) is 12.5 Å². The van der Waals surface area contributed by atoms with Gasteiger partial charge in [-0.05, 0) is 25.1 Å². The van der Waals surface area contributed by atoms with Gasteiger partial charge < -0.3 is 14.8 Å². The molecule has 1 N–H and O–H groups in total. The number of carbonyl (C=O) groups excluding carboxylic acids is 2. The van der Waals surface area contributed by atoms with Gasteiger partial charge in [0.15, 0.2) is 0 Å². The van der Waals surface area contributed by atoms with E-state index in [9.17, 15) is 9.59 Å². The van der Waals surface area contributed by atoms with Crippen molar-refractivity contribution in [2.45, 2.75) is 19.6 Å². The van der Waals surface area contributed by atoms with Gasteiger partial charge in [0, 0.05) is 0 Å². The summed E-state index contributed by atoms with van der Waals surface area (Å²) in [6.45, 7) is 1.53. The Morgan fingerprint density at radius 1 is 1.44 bits per heavy atom. The maximum absolute atomic E-state index is 11.7. The second kappa shape index (κ2) is 9.02. The van der Waals surface area contributed by atoms with Crippen molar-refractivity contribution >= 4 is 11.9 Å². The Labute approximate surface area is 144 Å². The fraction of sp³-hybridized carbons (Fsp3) is 0.312. The molecule has 0 saturated carbocycles. The smallest absolute Gasteiger partial charge is 0.325 e. The van der Waals surface area contributed by atoms with Gasteiger partial charge in [-0.3, -0.25) is 9.59 Å². The Hall–Kier alpha value is -3.41. The molecule has 0 radical (unpaired) electrons. The Kier molecular flexibility index (Phi) is 6.47. The van der Waals surface area contributed by atoms with Crippen LogP contribution in [0, 0.1) is 11.3 Å². The van der Waals surface area contributed by atoms with Crippen molar-refractivity contribution < 1.29 is 19.1 Å². The number of nitrogens with zero attached hydrogens (tertiary/aromatic N) is 4. The summed E-state index contributed by atoms with van der Waals surface area (Å²) in [7, 11) is 0. The quantitative estimate of drug-likeness (QED) is 0.684. The van der Waals surface area contributed by atoms with Crippen LogP contribution in [0.25, 0.3) is 0 Å². The number of rotatable bonds is 8. The number of nitriles is 1. The van der Waals surface area contributed by atoms with Crippen molar-refractivity contribution in [3.63, 3.8) is 0 Å². The van der Waals surface area contributed by atoms with Gasteiger partial charge in [0.1, 0.15) is 44.2 Å². The number of ether oxygens (including phenoxy) is 2. The van der Waals surface area contributed by atoms with Crippen LogP contribution < -0.4 is 10.1 Å². The van der Waals surface area contributed by atoms with Crippen molar-refractivity contribution in [3.05, 3.63) is 42.5 Å². The highest BCUT2D eigenvalue weighted by Gasteiger charge is 2.12. The van der Waals surface area contributed by atoms with Crippen LogP contribution in [0.5, 0.6) is 5.75 Å². The first-order valence-electron chi connectivity index (χ1n) is 7.48. The molecule has 1 atom stereocenters. The number of nitrogens with one attached hydrogen (secondary N) is 1. The van der Waals surface area contributed by atoms with Crippen LogP contribution in [0.2, 0.25) is 0 Å². The molecular weight excluding hydrogens is 326 g/mol. The highest BCUT2D eigenvalue weighted by Crippen LogP contribution is 2.13. The lowest BCUT2D eigenvalue weighted by atomic mass is 10.2. The molecule has 0 fully saturated rings. The van der Waals surface area contributed by atoms with Crippen molar-refractivity contribution in [2.24, 2.45) is 0 Å². The molecule has 0 aliphatic carbocycles. The number of amides is 1. The molecule has 1 aromatic carbocycles. The number of benzene rings is 1. The van der Waals surface area contributed by atoms with E-state index in [0.717, 1.165) is 0 Å². The molecule has 0 aliphatic heterocycles. The van der Waals surface area contributed by atoms with E-state index in [1.807, 2.05) is 6.07 Å². The number of carbonyl (C=O) groups is 2. The predicted molar refractivity (Wildman–Crippen MR) is 85.2 cm³/mol. The summed E-state index contributed by atoms with van der Waals surface area (Å²) in [5.74, 6) is -0.434. The van der Waals surface area contributed by atoms with Crippen molar-refractivity contribution in [1.82, 2.24) is 20.1 Å². The van der Waals surface area contributed by atoms with Gasteiger partial charge in [-0.25, -0.2) is 9.67 Å². The zero-order valence-electron chi connectivity index (χ0n) is 13.6. The number of aromatic nitrogens is 3. The normalized spacial score (nSPS) is 11.2. The molecule has 2 rings (SSSR count). The number of hydrogen-bond donors (Lipinski definition) is 1. The molecule has 1 unspecified atom stereocenters. The topological polar surface area (TPSA) is 119 Å². The third kappa shape index (κ3) is 6.31. The monoisotopic (exact) mass is 343 g/mol.